The van der Waals surface area contributed by atoms with Crippen molar-refractivity contribution >= 4 is 30.3 Å². The number of carbonyl (C=O) groups is 4. The first kappa shape index (κ1) is 35.4. The summed E-state index contributed by atoms with van der Waals surface area (Å²) in [4.78, 5) is 68.7. The van der Waals surface area contributed by atoms with Gasteiger partial charge in [0.25, 0.3) is 0 Å². The standard InChI is InChI=1S/C36H50N4O9/c1-20(43)47-31-30(21-6-9-29(45)46-19-21)35(3)14-11-25-26(36(35)32(31)48-36)8-7-22-17-23(10-13-34(22,25)2)49-40-33(38)39-15-12-24(27(37)18-42)28(44)5-4-16-41/h6,9,16,18-19,22-27,30-32H,4-5,7-8,10-15,17,37H2,1-3H3,(H3,38,39,40). The first-order chi connectivity index (χ1) is 23.4. The van der Waals surface area contributed by atoms with E-state index >= 15 is 0 Å². The highest BCUT2D eigenvalue weighted by atomic mass is 16.7. The quantitative estimate of drug-likeness (QED) is 0.0686. The molecule has 0 radical (unpaired) electrons. The van der Waals surface area contributed by atoms with Gasteiger partial charge in [-0.1, -0.05) is 13.8 Å². The minimum atomic E-state index is -0.959. The highest BCUT2D eigenvalue weighted by Gasteiger charge is 2.84. The van der Waals surface area contributed by atoms with E-state index < -0.39 is 29.3 Å². The van der Waals surface area contributed by atoms with Crippen molar-refractivity contribution < 1.29 is 37.9 Å². The second-order valence-corrected chi connectivity index (χ2v) is 15.4. The van der Waals surface area contributed by atoms with E-state index in [-0.39, 0.29) is 72.5 Å². The van der Waals surface area contributed by atoms with Crippen LogP contribution in [0.4, 0.5) is 0 Å². The Labute approximate surface area is 286 Å². The number of guanidine groups is 1. The zero-order valence-electron chi connectivity index (χ0n) is 28.6. The Balaban J connectivity index is 1.08. The lowest BCUT2D eigenvalue weighted by molar-refractivity contribution is -0.161. The molecule has 13 heteroatoms. The van der Waals surface area contributed by atoms with Gasteiger partial charge in [0.1, 0.15) is 36.2 Å². The van der Waals surface area contributed by atoms with Crippen molar-refractivity contribution in [2.75, 3.05) is 6.54 Å². The predicted octanol–water partition coefficient (Wildman–Crippen LogP) is 2.72. The van der Waals surface area contributed by atoms with Crippen LogP contribution >= 0.6 is 0 Å². The lowest BCUT2D eigenvalue weighted by Crippen LogP contribution is -2.58. The monoisotopic (exact) mass is 682 g/mol. The highest BCUT2D eigenvalue weighted by Crippen LogP contribution is 2.78. The molecule has 12 unspecified atom stereocenters. The third-order valence-electron chi connectivity index (χ3n) is 13.0. The smallest absolute Gasteiger partial charge is 0.335 e. The van der Waals surface area contributed by atoms with Crippen molar-refractivity contribution in [1.29, 1.82) is 0 Å². The largest absolute Gasteiger partial charge is 0.459 e. The minimum Gasteiger partial charge on any atom is -0.459 e. The van der Waals surface area contributed by atoms with E-state index in [1.807, 2.05) is 6.07 Å². The molecule has 1 aliphatic heterocycles. The number of nitrogens with two attached hydrogens (primary N) is 2. The molecule has 4 saturated carbocycles. The maximum Gasteiger partial charge on any atom is 0.335 e. The van der Waals surface area contributed by atoms with Gasteiger partial charge in [-0.3, -0.25) is 19.4 Å². The first-order valence-electron chi connectivity index (χ1n) is 17.7. The van der Waals surface area contributed by atoms with E-state index in [1.165, 1.54) is 19.3 Å². The molecule has 1 aromatic rings. The fraction of sp³-hybridized carbons (Fsp3) is 0.722. The Bertz CT molecular complexity index is 1510. The molecule has 4 aliphatic carbocycles. The van der Waals surface area contributed by atoms with Crippen molar-refractivity contribution in [3.8, 4) is 0 Å². The molecule has 49 heavy (non-hydrogen) atoms. The zero-order chi connectivity index (χ0) is 35.1. The maximum absolute atomic E-state index is 12.4. The molecule has 268 valence electrons. The molecule has 6 rings (SSSR count). The van der Waals surface area contributed by atoms with Crippen LogP contribution in [0.3, 0.4) is 0 Å². The lowest BCUT2D eigenvalue weighted by atomic mass is 9.44. The van der Waals surface area contributed by atoms with Gasteiger partial charge in [-0.25, -0.2) is 10.3 Å². The van der Waals surface area contributed by atoms with Crippen LogP contribution in [0.1, 0.15) is 96.5 Å². The third-order valence-corrected chi connectivity index (χ3v) is 13.0. The summed E-state index contributed by atoms with van der Waals surface area (Å²) in [5.41, 5.74) is 14.6. The molecule has 12 atom stereocenters. The molecule has 1 spiro atoms. The summed E-state index contributed by atoms with van der Waals surface area (Å²) < 4.78 is 18.0. The van der Waals surface area contributed by atoms with E-state index in [9.17, 15) is 24.0 Å². The maximum atomic E-state index is 12.4. The average molecular weight is 683 g/mol. The normalized spacial score (nSPS) is 38.9. The number of nitrogens with one attached hydrogen (secondary N) is 1. The van der Waals surface area contributed by atoms with Gasteiger partial charge in [-0.2, -0.15) is 0 Å². The summed E-state index contributed by atoms with van der Waals surface area (Å²) in [6, 6.07) is 2.29. The van der Waals surface area contributed by atoms with Crippen LogP contribution in [0.5, 0.6) is 0 Å². The lowest BCUT2D eigenvalue weighted by Gasteiger charge is -2.61. The van der Waals surface area contributed by atoms with Crippen LogP contribution in [0.25, 0.3) is 0 Å². The Morgan fingerprint density at radius 1 is 1.14 bits per heavy atom. The van der Waals surface area contributed by atoms with Crippen molar-refractivity contribution in [3.63, 3.8) is 0 Å². The van der Waals surface area contributed by atoms with Crippen molar-refractivity contribution in [1.82, 2.24) is 5.48 Å². The van der Waals surface area contributed by atoms with Gasteiger partial charge in [0.05, 0.1) is 18.4 Å². The van der Waals surface area contributed by atoms with Gasteiger partial charge in [-0.15, -0.1) is 0 Å². The molecule has 0 bridgehead atoms. The number of ketones is 1. The number of hydrogen-bond donors (Lipinski definition) is 3. The molecule has 0 aromatic carbocycles. The molecule has 5 fully saturated rings. The number of Topliss-reactive ketones (excluding diaryl/α,β-unsaturated/α-hetero) is 1. The third kappa shape index (κ3) is 6.16. The number of epoxide rings is 1. The van der Waals surface area contributed by atoms with E-state index in [2.05, 4.69) is 24.3 Å². The van der Waals surface area contributed by atoms with Crippen LogP contribution in [0, 0.1) is 34.5 Å². The van der Waals surface area contributed by atoms with Crippen LogP contribution in [0.2, 0.25) is 0 Å². The summed E-state index contributed by atoms with van der Waals surface area (Å²) in [7, 11) is 0. The molecular formula is C36H50N4O9. The van der Waals surface area contributed by atoms with Crippen molar-refractivity contribution in [3.05, 3.63) is 34.4 Å². The summed E-state index contributed by atoms with van der Waals surface area (Å²) in [5, 5.41) is 0. The van der Waals surface area contributed by atoms with Gasteiger partial charge in [-0.05, 0) is 86.2 Å². The van der Waals surface area contributed by atoms with Gasteiger partial charge < -0.3 is 34.9 Å². The zero-order valence-corrected chi connectivity index (χ0v) is 28.6. The number of fused-ring (bicyclic) bond motifs is 3. The number of ether oxygens (including phenoxy) is 2. The Kier molecular flexibility index (Phi) is 9.91. The molecule has 2 heterocycles. The van der Waals surface area contributed by atoms with Gasteiger partial charge in [0.2, 0.25) is 5.96 Å². The number of carbonyl (C=O) groups excluding carboxylic acids is 4. The highest BCUT2D eigenvalue weighted by molar-refractivity contribution is 5.86. The molecule has 1 saturated heterocycles. The van der Waals surface area contributed by atoms with E-state index in [1.54, 1.807) is 0 Å². The molecule has 5 N–H and O–H groups in total. The Hall–Kier alpha value is -3.42. The van der Waals surface area contributed by atoms with Gasteiger partial charge in [0, 0.05) is 49.6 Å². The Morgan fingerprint density at radius 3 is 2.63 bits per heavy atom. The molecule has 1 aromatic heterocycles. The number of nitrogens with zero attached hydrogens (tertiary/aromatic N) is 1. The molecule has 5 aliphatic rings. The first-order valence-corrected chi connectivity index (χ1v) is 17.7. The van der Waals surface area contributed by atoms with Crippen molar-refractivity contribution in [2.45, 2.75) is 121 Å². The number of aldehydes is 2. The fourth-order valence-electron chi connectivity index (χ4n) is 10.7. The molecule has 0 amide bonds. The van der Waals surface area contributed by atoms with Gasteiger partial charge in [0.15, 0.2) is 0 Å². The number of rotatable bonds is 13. The summed E-state index contributed by atoms with van der Waals surface area (Å²) >= 11 is 0. The summed E-state index contributed by atoms with van der Waals surface area (Å²) in [6.07, 6.45) is 9.20. The van der Waals surface area contributed by atoms with Crippen LogP contribution in [-0.4, -0.2) is 66.8 Å². The number of esters is 1. The predicted molar refractivity (Wildman–Crippen MR) is 177 cm³/mol. The average Bonchev–Trinajstić information content (AvgIpc) is 3.78. The molecule has 13 nitrogen and oxygen atoms in total. The van der Waals surface area contributed by atoms with E-state index in [4.69, 9.17) is 30.2 Å². The Morgan fingerprint density at radius 2 is 1.94 bits per heavy atom. The van der Waals surface area contributed by atoms with Crippen LogP contribution in [0.15, 0.2) is 32.6 Å². The fourth-order valence-corrected chi connectivity index (χ4v) is 10.7. The number of hydroxylamine groups is 1. The van der Waals surface area contributed by atoms with Crippen LogP contribution < -0.4 is 22.6 Å². The number of hydrogen-bond acceptors (Lipinski definition) is 11. The number of aliphatic imine (C=N–C) groups is 1. The van der Waals surface area contributed by atoms with Crippen molar-refractivity contribution in [2.24, 2.45) is 51.0 Å². The summed E-state index contributed by atoms with van der Waals surface area (Å²) in [5.74, 6) is -0.0860. The SMILES string of the molecule is CC(=O)OC1C(c2ccc(=O)oc2)C2(C)CCC3C(CCC4CC(ONC(N)=NCCC(C(=O)CCC=O)C(N)C=O)CCC43C)C23OC13. The second-order valence-electron chi connectivity index (χ2n) is 15.4. The second kappa shape index (κ2) is 13.7. The van der Waals surface area contributed by atoms with Crippen LogP contribution in [-0.2, 0) is 33.5 Å². The van der Waals surface area contributed by atoms with Gasteiger partial charge >= 0.3 is 11.6 Å². The van der Waals surface area contributed by atoms with E-state index in [0.29, 0.717) is 30.3 Å². The topological polar surface area (TPSA) is 206 Å². The summed E-state index contributed by atoms with van der Waals surface area (Å²) in [6.45, 7) is 6.33. The molecular weight excluding hydrogens is 632 g/mol. The minimum absolute atomic E-state index is 0.0390. The van der Waals surface area contributed by atoms with E-state index in [0.717, 1.165) is 50.5 Å².